The van der Waals surface area contributed by atoms with Gasteiger partial charge in [-0.05, 0) is 54.2 Å². The third-order valence-corrected chi connectivity index (χ3v) is 7.72. The average molecular weight is 754 g/mol. The van der Waals surface area contributed by atoms with Crippen LogP contribution in [-0.4, -0.2) is 36.2 Å². The van der Waals surface area contributed by atoms with Gasteiger partial charge in [-0.1, -0.05) is 76.8 Å². The Morgan fingerprint density at radius 2 is 1.68 bits per heavy atom. The fraction of sp³-hybridized carbons (Fsp3) is 0.184. The summed E-state index contributed by atoms with van der Waals surface area (Å²) in [6.45, 7) is 9.43. The molecule has 5 nitrogen and oxygen atoms in total. The third kappa shape index (κ3) is 6.54. The SMILES string of the molecule is CCCC[N+]1=C=[N+](c2[c-]cc3c4cccnc4n(-c4ccccc4)c3c2)C=C1.Cc1c[c-]c(-c2cc(C)c(C)cn2)cc1.[Ir]. The van der Waals surface area contributed by atoms with Crippen LogP contribution in [0, 0.1) is 32.9 Å². The molecule has 0 spiro atoms. The third-order valence-electron chi connectivity index (χ3n) is 7.72. The summed E-state index contributed by atoms with van der Waals surface area (Å²) in [5.74, 6) is 0. The van der Waals surface area contributed by atoms with Gasteiger partial charge in [0.2, 0.25) is 6.20 Å². The fourth-order valence-electron chi connectivity index (χ4n) is 5.12. The van der Waals surface area contributed by atoms with Gasteiger partial charge in [0.15, 0.2) is 6.54 Å². The predicted molar refractivity (Wildman–Crippen MR) is 174 cm³/mol. The van der Waals surface area contributed by atoms with Crippen LogP contribution < -0.4 is 0 Å². The van der Waals surface area contributed by atoms with Crippen LogP contribution >= 0.6 is 0 Å². The van der Waals surface area contributed by atoms with Crippen molar-refractivity contribution in [3.8, 4) is 16.9 Å². The maximum Gasteiger partial charge on any atom is 0.493 e. The van der Waals surface area contributed by atoms with Gasteiger partial charge < -0.3 is 9.55 Å². The molecule has 221 valence electrons. The topological polar surface area (TPSA) is 36.7 Å². The van der Waals surface area contributed by atoms with Crippen LogP contribution in [0.5, 0.6) is 0 Å². The molecule has 4 heterocycles. The number of benzene rings is 3. The van der Waals surface area contributed by atoms with E-state index in [0.717, 1.165) is 57.5 Å². The molecule has 44 heavy (non-hydrogen) atoms. The van der Waals surface area contributed by atoms with E-state index in [1.54, 1.807) is 0 Å². The molecule has 0 saturated heterocycles. The Morgan fingerprint density at radius 3 is 2.43 bits per heavy atom. The number of pyridine rings is 2. The molecule has 3 aromatic heterocycles. The number of hydrogen-bond acceptors (Lipinski definition) is 2. The number of aromatic nitrogens is 3. The van der Waals surface area contributed by atoms with Gasteiger partial charge in [-0.3, -0.25) is 0 Å². The molecule has 1 aliphatic rings. The van der Waals surface area contributed by atoms with Crippen LogP contribution in [0.2, 0.25) is 0 Å². The first-order chi connectivity index (χ1) is 21.0. The van der Waals surface area contributed by atoms with Crippen LogP contribution in [-0.2, 0) is 20.1 Å². The van der Waals surface area contributed by atoms with Gasteiger partial charge in [-0.15, -0.1) is 41.5 Å². The van der Waals surface area contributed by atoms with Crippen molar-refractivity contribution in [2.75, 3.05) is 6.54 Å². The van der Waals surface area contributed by atoms with Crippen LogP contribution in [0.4, 0.5) is 5.69 Å². The molecule has 1 radical (unpaired) electrons. The molecule has 0 unspecified atom stereocenters. The van der Waals surface area contributed by atoms with Crippen molar-refractivity contribution < 1.29 is 29.3 Å². The summed E-state index contributed by atoms with van der Waals surface area (Å²) in [7, 11) is 0. The van der Waals surface area contributed by atoms with E-state index in [-0.39, 0.29) is 20.1 Å². The molecule has 0 fully saturated rings. The zero-order valence-electron chi connectivity index (χ0n) is 25.5. The first-order valence-electron chi connectivity index (χ1n) is 14.8. The van der Waals surface area contributed by atoms with Crippen molar-refractivity contribution in [2.24, 2.45) is 0 Å². The molecular formula is C38H35IrN5. The minimum absolute atomic E-state index is 0. The van der Waals surface area contributed by atoms with E-state index in [2.05, 4.69) is 132 Å². The molecule has 0 amide bonds. The molecule has 0 saturated carbocycles. The summed E-state index contributed by atoms with van der Waals surface area (Å²) in [6.07, 6.45) is 10.2. The summed E-state index contributed by atoms with van der Waals surface area (Å²) >= 11 is 0. The number of rotatable bonds is 6. The quantitative estimate of drug-likeness (QED) is 0.126. The second kappa shape index (κ2) is 13.9. The van der Waals surface area contributed by atoms with E-state index in [1.807, 2.05) is 41.4 Å². The van der Waals surface area contributed by atoms with Crippen LogP contribution in [0.3, 0.4) is 0 Å². The van der Waals surface area contributed by atoms with Gasteiger partial charge in [0.05, 0.1) is 0 Å². The van der Waals surface area contributed by atoms with Crippen molar-refractivity contribution >= 4 is 33.6 Å². The Balaban J connectivity index is 0.000000204. The maximum atomic E-state index is 4.67. The predicted octanol–water partition coefficient (Wildman–Crippen LogP) is 8.57. The van der Waals surface area contributed by atoms with E-state index in [0.29, 0.717) is 0 Å². The smallest absolute Gasteiger partial charge is 0.318 e. The van der Waals surface area contributed by atoms with Crippen molar-refractivity contribution in [1.82, 2.24) is 14.5 Å². The minimum atomic E-state index is 0. The molecular weight excluding hydrogens is 719 g/mol. The van der Waals surface area contributed by atoms with E-state index >= 15 is 0 Å². The number of nitrogens with zero attached hydrogens (tertiary/aromatic N) is 5. The van der Waals surface area contributed by atoms with Crippen molar-refractivity contribution in [3.63, 3.8) is 0 Å². The first-order valence-corrected chi connectivity index (χ1v) is 14.8. The monoisotopic (exact) mass is 754 g/mol. The zero-order valence-corrected chi connectivity index (χ0v) is 27.9. The molecule has 0 aliphatic carbocycles. The number of hydrogen-bond donors (Lipinski definition) is 0. The molecule has 6 heteroatoms. The van der Waals surface area contributed by atoms with Crippen molar-refractivity contribution in [2.45, 2.75) is 40.5 Å². The van der Waals surface area contributed by atoms with E-state index in [1.165, 1.54) is 23.1 Å². The van der Waals surface area contributed by atoms with Crippen LogP contribution in [0.1, 0.15) is 36.5 Å². The summed E-state index contributed by atoms with van der Waals surface area (Å²) in [4.78, 5) is 9.07. The molecule has 6 aromatic rings. The molecule has 3 aromatic carbocycles. The zero-order chi connectivity index (χ0) is 29.8. The number of fused-ring (bicyclic) bond motifs is 3. The largest absolute Gasteiger partial charge is 0.493 e. The van der Waals surface area contributed by atoms with E-state index in [4.69, 9.17) is 0 Å². The molecule has 7 rings (SSSR count). The summed E-state index contributed by atoms with van der Waals surface area (Å²) in [6, 6.07) is 37.0. The van der Waals surface area contributed by atoms with Gasteiger partial charge in [0.1, 0.15) is 11.3 Å². The van der Waals surface area contributed by atoms with E-state index < -0.39 is 0 Å². The van der Waals surface area contributed by atoms with Crippen LogP contribution in [0.25, 0.3) is 38.9 Å². The molecule has 0 atom stereocenters. The first kappa shape index (κ1) is 31.0. The van der Waals surface area contributed by atoms with Gasteiger partial charge in [0.25, 0.3) is 6.20 Å². The Labute approximate surface area is 272 Å². The summed E-state index contributed by atoms with van der Waals surface area (Å²) < 4.78 is 6.34. The van der Waals surface area contributed by atoms with Crippen LogP contribution in [0.15, 0.2) is 104 Å². The van der Waals surface area contributed by atoms with E-state index in [9.17, 15) is 0 Å². The Morgan fingerprint density at radius 1 is 0.841 bits per heavy atom. The van der Waals surface area contributed by atoms with Gasteiger partial charge in [-0.2, -0.15) is 6.07 Å². The summed E-state index contributed by atoms with van der Waals surface area (Å²) in [5.41, 5.74) is 9.94. The molecule has 0 N–H and O–H groups in total. The molecule has 0 bridgehead atoms. The second-order valence-corrected chi connectivity index (χ2v) is 10.9. The van der Waals surface area contributed by atoms with Crippen molar-refractivity contribution in [1.29, 1.82) is 0 Å². The second-order valence-electron chi connectivity index (χ2n) is 10.9. The number of para-hydroxylation sites is 1. The maximum absolute atomic E-state index is 4.67. The normalized spacial score (nSPS) is 12.0. The van der Waals surface area contributed by atoms with Crippen molar-refractivity contribution in [3.05, 3.63) is 132 Å². The summed E-state index contributed by atoms with van der Waals surface area (Å²) in [5, 5.41) is 2.29. The Kier molecular flexibility index (Phi) is 9.77. The average Bonchev–Trinajstić information content (AvgIpc) is 3.65. The van der Waals surface area contributed by atoms with Gasteiger partial charge in [0, 0.05) is 44.6 Å². The fourth-order valence-corrected chi connectivity index (χ4v) is 5.12. The number of unbranched alkanes of at least 4 members (excludes halogenated alkanes) is 1. The number of aryl methyl sites for hydroxylation is 3. The Bertz CT molecular complexity index is 2010. The molecule has 1 aliphatic heterocycles. The Hall–Kier alpha value is -4.47. The minimum Gasteiger partial charge on any atom is -0.318 e. The van der Waals surface area contributed by atoms with Gasteiger partial charge in [-0.25, -0.2) is 4.98 Å². The van der Waals surface area contributed by atoms with Gasteiger partial charge >= 0.3 is 6.01 Å². The standard InChI is InChI=1S/C24H21N4.C14H14N.Ir/c1-2-3-14-26-15-16-27(18-26)20-11-12-21-22-10-7-13-25-24(22)28(23(21)17-20)19-8-5-4-6-9-19;1-10-4-6-13(7-5-10)14-8-11(2)12(3)9-15-14;/h4-10,12-13,15-17H,2-3,14H2,1H3;4-6,8-9H,1-3H3;/q+1;-1;.